The number of anilines is 2. The van der Waals surface area contributed by atoms with Crippen molar-refractivity contribution < 1.29 is 14.3 Å². The van der Waals surface area contributed by atoms with Gasteiger partial charge in [-0.15, -0.1) is 0 Å². The fraction of sp³-hybridized carbons (Fsp3) is 0.222. The number of nitrogens with one attached hydrogen (secondary N) is 2. The molecule has 2 amide bonds. The molecule has 176 valence electrons. The molecule has 0 heterocycles. The minimum atomic E-state index is -0.317. The normalized spacial score (nSPS) is 10.5. The molecule has 0 bridgehead atoms. The maximum atomic E-state index is 12.7. The monoisotopic (exact) mass is 475 g/mol. The molecule has 0 atom stereocenters. The number of carbonyl (C=O) groups is 2. The Bertz CT molecular complexity index is 1110. The predicted molar refractivity (Wildman–Crippen MR) is 141 cm³/mol. The third-order valence-corrected chi connectivity index (χ3v) is 5.35. The van der Waals surface area contributed by atoms with E-state index >= 15 is 0 Å². The Morgan fingerprint density at radius 2 is 1.53 bits per heavy atom. The highest BCUT2D eigenvalue weighted by atomic mass is 32.1. The Morgan fingerprint density at radius 3 is 2.15 bits per heavy atom. The summed E-state index contributed by atoms with van der Waals surface area (Å²) in [7, 11) is 1.73. The van der Waals surface area contributed by atoms with Gasteiger partial charge in [0, 0.05) is 29.5 Å². The van der Waals surface area contributed by atoms with Crippen LogP contribution in [0.2, 0.25) is 0 Å². The molecule has 0 aromatic heterocycles. The van der Waals surface area contributed by atoms with Crippen molar-refractivity contribution in [3.05, 3.63) is 90.0 Å². The number of ether oxygens (including phenoxy) is 1. The lowest BCUT2D eigenvalue weighted by atomic mass is 10.1. The summed E-state index contributed by atoms with van der Waals surface area (Å²) in [5, 5.41) is 5.80. The summed E-state index contributed by atoms with van der Waals surface area (Å²) in [6.07, 6.45) is 0.973. The first-order valence-electron chi connectivity index (χ1n) is 11.1. The van der Waals surface area contributed by atoms with Crippen LogP contribution in [0, 0.1) is 5.92 Å². The van der Waals surface area contributed by atoms with Gasteiger partial charge in [0.15, 0.2) is 5.11 Å². The van der Waals surface area contributed by atoms with Gasteiger partial charge in [0.1, 0.15) is 5.75 Å². The van der Waals surface area contributed by atoms with E-state index < -0.39 is 0 Å². The maximum Gasteiger partial charge on any atom is 0.258 e. The Labute approximate surface area is 205 Å². The summed E-state index contributed by atoms with van der Waals surface area (Å²) in [5.41, 5.74) is 2.50. The number of carbonyl (C=O) groups excluding carboxylic acids is 2. The second-order valence-electron chi connectivity index (χ2n) is 8.24. The van der Waals surface area contributed by atoms with Gasteiger partial charge in [-0.3, -0.25) is 14.9 Å². The van der Waals surface area contributed by atoms with Crippen LogP contribution in [-0.4, -0.2) is 30.6 Å². The summed E-state index contributed by atoms with van der Waals surface area (Å²) < 4.78 is 5.68. The number of hydrogen-bond donors (Lipinski definition) is 2. The summed E-state index contributed by atoms with van der Waals surface area (Å²) in [5.74, 6) is 0.865. The third-order valence-electron chi connectivity index (χ3n) is 5.15. The number of thiocarbonyl (C=S) groups is 1. The van der Waals surface area contributed by atoms with Crippen LogP contribution >= 0.6 is 12.2 Å². The number of para-hydroxylation sites is 1. The molecule has 7 heteroatoms. The largest absolute Gasteiger partial charge is 0.494 e. The molecule has 0 saturated heterocycles. The smallest absolute Gasteiger partial charge is 0.258 e. The molecule has 0 spiro atoms. The van der Waals surface area contributed by atoms with E-state index in [2.05, 4.69) is 24.5 Å². The van der Waals surface area contributed by atoms with Crippen LogP contribution in [0.5, 0.6) is 5.75 Å². The lowest BCUT2D eigenvalue weighted by molar-refractivity contribution is 0.0974. The fourth-order valence-corrected chi connectivity index (χ4v) is 3.32. The van der Waals surface area contributed by atoms with Crippen molar-refractivity contribution in [2.75, 3.05) is 23.9 Å². The third kappa shape index (κ3) is 7.15. The van der Waals surface area contributed by atoms with Crippen LogP contribution in [-0.2, 0) is 0 Å². The first-order chi connectivity index (χ1) is 16.3. The zero-order chi connectivity index (χ0) is 24.5. The number of benzene rings is 3. The molecule has 0 aliphatic heterocycles. The second-order valence-corrected chi connectivity index (χ2v) is 8.65. The zero-order valence-corrected chi connectivity index (χ0v) is 20.4. The van der Waals surface area contributed by atoms with Crippen molar-refractivity contribution in [2.45, 2.75) is 20.3 Å². The number of nitrogens with zero attached hydrogens (tertiary/aromatic N) is 1. The van der Waals surface area contributed by atoms with Crippen molar-refractivity contribution in [1.29, 1.82) is 0 Å². The lowest BCUT2D eigenvalue weighted by Crippen LogP contribution is -2.34. The summed E-state index contributed by atoms with van der Waals surface area (Å²) in [6.45, 7) is 4.93. The Morgan fingerprint density at radius 1 is 0.912 bits per heavy atom. The molecule has 0 aliphatic carbocycles. The van der Waals surface area contributed by atoms with E-state index in [1.807, 2.05) is 30.3 Å². The molecule has 0 aliphatic rings. The van der Waals surface area contributed by atoms with Gasteiger partial charge in [-0.1, -0.05) is 32.0 Å². The second kappa shape index (κ2) is 12.0. The number of rotatable bonds is 8. The molecule has 3 rings (SSSR count). The number of amides is 2. The quantitative estimate of drug-likeness (QED) is 0.420. The van der Waals surface area contributed by atoms with Crippen LogP contribution in [0.4, 0.5) is 11.4 Å². The molecule has 0 radical (unpaired) electrons. The molecule has 3 aromatic carbocycles. The Balaban J connectivity index is 1.51. The van der Waals surface area contributed by atoms with E-state index in [4.69, 9.17) is 17.0 Å². The van der Waals surface area contributed by atoms with Crippen LogP contribution in [0.25, 0.3) is 0 Å². The van der Waals surface area contributed by atoms with Gasteiger partial charge in [-0.05, 0) is 85.2 Å². The first kappa shape index (κ1) is 24.9. The minimum absolute atomic E-state index is 0.120. The fourth-order valence-electron chi connectivity index (χ4n) is 3.11. The summed E-state index contributed by atoms with van der Waals surface area (Å²) in [6, 6.07) is 23.3. The number of hydrogen-bond acceptors (Lipinski definition) is 4. The van der Waals surface area contributed by atoms with E-state index in [1.54, 1.807) is 60.5 Å². The average molecular weight is 476 g/mol. The molecular weight excluding hydrogens is 446 g/mol. The van der Waals surface area contributed by atoms with Crippen LogP contribution < -0.4 is 20.3 Å². The lowest BCUT2D eigenvalue weighted by Gasteiger charge is -2.17. The van der Waals surface area contributed by atoms with Crippen molar-refractivity contribution in [3.63, 3.8) is 0 Å². The van der Waals surface area contributed by atoms with E-state index in [0.717, 1.165) is 17.9 Å². The van der Waals surface area contributed by atoms with Crippen molar-refractivity contribution in [1.82, 2.24) is 5.32 Å². The Hall–Kier alpha value is -3.71. The summed E-state index contributed by atoms with van der Waals surface area (Å²) in [4.78, 5) is 26.8. The molecule has 3 aromatic rings. The van der Waals surface area contributed by atoms with Gasteiger partial charge in [-0.2, -0.15) is 0 Å². The predicted octanol–water partition coefficient (Wildman–Crippen LogP) is 5.51. The van der Waals surface area contributed by atoms with Crippen molar-refractivity contribution >= 4 is 40.5 Å². The molecule has 0 unspecified atom stereocenters. The highest BCUT2D eigenvalue weighted by Crippen LogP contribution is 2.17. The van der Waals surface area contributed by atoms with E-state index in [9.17, 15) is 9.59 Å². The summed E-state index contributed by atoms with van der Waals surface area (Å²) >= 11 is 5.27. The van der Waals surface area contributed by atoms with Crippen LogP contribution in [0.15, 0.2) is 78.9 Å². The molecule has 6 nitrogen and oxygen atoms in total. The standard InChI is InChI=1S/C27H29N3O3S/c1-19(2)17-18-33-24-15-11-20(12-16-24)25(31)29-27(34)28-22-13-9-21(10-14-22)26(32)30(3)23-7-5-4-6-8-23/h4-16,19H,17-18H2,1-3H3,(H2,28,29,31,34). The van der Waals surface area contributed by atoms with Gasteiger partial charge >= 0.3 is 0 Å². The van der Waals surface area contributed by atoms with Gasteiger partial charge in [0.25, 0.3) is 11.8 Å². The first-order valence-corrected chi connectivity index (χ1v) is 11.5. The van der Waals surface area contributed by atoms with Gasteiger partial charge < -0.3 is 15.0 Å². The molecular formula is C27H29N3O3S. The van der Waals surface area contributed by atoms with Crippen molar-refractivity contribution in [2.24, 2.45) is 5.92 Å². The minimum Gasteiger partial charge on any atom is -0.494 e. The average Bonchev–Trinajstić information content (AvgIpc) is 2.84. The zero-order valence-electron chi connectivity index (χ0n) is 19.6. The van der Waals surface area contributed by atoms with Gasteiger partial charge in [0.2, 0.25) is 0 Å². The maximum absolute atomic E-state index is 12.7. The Kier molecular flexibility index (Phi) is 8.76. The van der Waals surface area contributed by atoms with Crippen molar-refractivity contribution in [3.8, 4) is 5.75 Å². The highest BCUT2D eigenvalue weighted by Gasteiger charge is 2.13. The van der Waals surface area contributed by atoms with Gasteiger partial charge in [0.05, 0.1) is 6.61 Å². The molecule has 34 heavy (non-hydrogen) atoms. The van der Waals surface area contributed by atoms with E-state index in [-0.39, 0.29) is 16.9 Å². The van der Waals surface area contributed by atoms with Gasteiger partial charge in [-0.25, -0.2) is 0 Å². The van der Waals surface area contributed by atoms with E-state index in [0.29, 0.717) is 29.3 Å². The highest BCUT2D eigenvalue weighted by molar-refractivity contribution is 7.80. The SMILES string of the molecule is CC(C)CCOc1ccc(C(=O)NC(=S)Nc2ccc(C(=O)N(C)c3ccccc3)cc2)cc1. The topological polar surface area (TPSA) is 70.7 Å². The van der Waals surface area contributed by atoms with Crippen LogP contribution in [0.3, 0.4) is 0 Å². The van der Waals surface area contributed by atoms with Crippen LogP contribution in [0.1, 0.15) is 41.0 Å². The molecule has 2 N–H and O–H groups in total. The molecule has 0 fully saturated rings. The molecule has 0 saturated carbocycles. The van der Waals surface area contributed by atoms with E-state index in [1.165, 1.54) is 0 Å².